The SMILES string of the molecule is C=C(C)C(=O)OC1C[C@H]2CC[C@@]1(C)C2(C)C.C=CC(=O)O.C=CC(=O)OCCCCCCCC(C)C.C=CC(=O)OCCCCCCCCCCCC.C=CC(=O)OCCCCCCCCCCCCCCCCCC. The van der Waals surface area contributed by atoms with E-state index in [4.69, 9.17) is 24.1 Å². The van der Waals surface area contributed by atoms with E-state index >= 15 is 0 Å². The lowest BCUT2D eigenvalue weighted by Gasteiger charge is -2.38. The Morgan fingerprint density at radius 3 is 1.03 bits per heavy atom. The molecule has 442 valence electrons. The second kappa shape index (κ2) is 53.1. The molecule has 0 aromatic carbocycles. The molecule has 2 bridgehead atoms. The van der Waals surface area contributed by atoms with Gasteiger partial charge in [0.2, 0.25) is 0 Å². The van der Waals surface area contributed by atoms with Crippen molar-refractivity contribution in [3.05, 3.63) is 62.8 Å². The highest BCUT2D eigenvalue weighted by Gasteiger charge is 2.62. The molecule has 0 spiro atoms. The van der Waals surface area contributed by atoms with Gasteiger partial charge in [-0.3, -0.25) is 0 Å². The topological polar surface area (TPSA) is 143 Å². The lowest BCUT2D eigenvalue weighted by atomic mass is 9.70. The molecular formula is C66H118O10. The van der Waals surface area contributed by atoms with Crippen LogP contribution in [0.4, 0.5) is 0 Å². The van der Waals surface area contributed by atoms with E-state index in [2.05, 4.69) is 81.4 Å². The van der Waals surface area contributed by atoms with Crippen LogP contribution in [0.5, 0.6) is 0 Å². The normalized spacial score (nSPS) is 16.3. The molecular weight excluding hydrogens is 953 g/mol. The molecule has 2 aliphatic carbocycles. The van der Waals surface area contributed by atoms with Crippen LogP contribution in [0.1, 0.15) is 280 Å². The van der Waals surface area contributed by atoms with Gasteiger partial charge in [0.25, 0.3) is 0 Å². The van der Waals surface area contributed by atoms with E-state index in [1.807, 2.05) is 0 Å². The van der Waals surface area contributed by atoms with E-state index in [-0.39, 0.29) is 35.4 Å². The van der Waals surface area contributed by atoms with Gasteiger partial charge in [-0.1, -0.05) is 268 Å². The summed E-state index contributed by atoms with van der Waals surface area (Å²) in [5.41, 5.74) is 0.958. The Morgan fingerprint density at radius 2 is 0.803 bits per heavy atom. The summed E-state index contributed by atoms with van der Waals surface area (Å²) in [6.07, 6.45) is 50.1. The van der Waals surface area contributed by atoms with Crippen molar-refractivity contribution < 1.29 is 48.0 Å². The van der Waals surface area contributed by atoms with Gasteiger partial charge >= 0.3 is 29.8 Å². The van der Waals surface area contributed by atoms with Crippen molar-refractivity contribution in [3.63, 3.8) is 0 Å². The maximum atomic E-state index is 11.6. The number of ether oxygens (including phenoxy) is 4. The summed E-state index contributed by atoms with van der Waals surface area (Å²) in [5.74, 6) is -0.597. The monoisotopic (exact) mass is 1070 g/mol. The Balaban J connectivity index is -0.000000916. The number of carbonyl (C=O) groups excluding carboxylic acids is 4. The molecule has 0 radical (unpaired) electrons. The van der Waals surface area contributed by atoms with Gasteiger partial charge in [-0.2, -0.15) is 0 Å². The highest BCUT2D eigenvalue weighted by atomic mass is 16.5. The van der Waals surface area contributed by atoms with Gasteiger partial charge < -0.3 is 24.1 Å². The molecule has 76 heavy (non-hydrogen) atoms. The van der Waals surface area contributed by atoms with Crippen molar-refractivity contribution in [2.75, 3.05) is 19.8 Å². The summed E-state index contributed by atoms with van der Waals surface area (Å²) in [5, 5.41) is 7.60. The fourth-order valence-electron chi connectivity index (χ4n) is 9.66. The molecule has 2 rings (SSSR count). The molecule has 0 aromatic heterocycles. The maximum absolute atomic E-state index is 11.6. The molecule has 0 aliphatic heterocycles. The van der Waals surface area contributed by atoms with E-state index in [1.54, 1.807) is 6.92 Å². The lowest BCUT2D eigenvalue weighted by Crippen LogP contribution is -2.38. The zero-order valence-electron chi connectivity index (χ0n) is 50.6. The Labute approximate surface area is 467 Å². The number of carboxylic acids is 1. The van der Waals surface area contributed by atoms with Crippen LogP contribution >= 0.6 is 0 Å². The van der Waals surface area contributed by atoms with Crippen molar-refractivity contribution in [1.82, 2.24) is 0 Å². The predicted molar refractivity (Wildman–Crippen MR) is 319 cm³/mol. The summed E-state index contributed by atoms with van der Waals surface area (Å²) in [6.45, 7) is 36.0. The highest BCUT2D eigenvalue weighted by Crippen LogP contribution is 2.66. The number of carbonyl (C=O) groups is 5. The van der Waals surface area contributed by atoms with E-state index < -0.39 is 5.97 Å². The molecule has 2 aliphatic rings. The van der Waals surface area contributed by atoms with Crippen molar-refractivity contribution in [1.29, 1.82) is 0 Å². The molecule has 2 saturated carbocycles. The Morgan fingerprint density at radius 1 is 0.513 bits per heavy atom. The highest BCUT2D eigenvalue weighted by molar-refractivity contribution is 5.87. The number of hydrogen-bond acceptors (Lipinski definition) is 9. The van der Waals surface area contributed by atoms with Crippen molar-refractivity contribution >= 4 is 29.8 Å². The third-order valence-corrected chi connectivity index (χ3v) is 15.1. The van der Waals surface area contributed by atoms with Gasteiger partial charge in [0.05, 0.1) is 19.8 Å². The molecule has 0 heterocycles. The number of aliphatic carboxylic acids is 1. The van der Waals surface area contributed by atoms with Crippen LogP contribution in [-0.4, -0.2) is 60.9 Å². The molecule has 0 amide bonds. The summed E-state index contributed by atoms with van der Waals surface area (Å²) in [7, 11) is 0. The number of unbranched alkanes of at least 4 members (excludes halogenated alkanes) is 28. The minimum Gasteiger partial charge on any atom is -0.478 e. The summed E-state index contributed by atoms with van der Waals surface area (Å²) in [6, 6.07) is 0. The van der Waals surface area contributed by atoms with Crippen LogP contribution in [0.15, 0.2) is 62.8 Å². The fourth-order valence-corrected chi connectivity index (χ4v) is 9.66. The number of hydrogen-bond donors (Lipinski definition) is 1. The minimum atomic E-state index is -0.981. The zero-order valence-corrected chi connectivity index (χ0v) is 50.6. The standard InChI is InChI=1S/C21H40O2.C15H28O2.C14H22O2.C13H24O2.C3H4O2/c1-3-5-6-7-8-9-10-11-12-13-14-15-16-17-18-19-20-23-21(22)4-2;1-3-5-6-7-8-9-10-11-12-13-14-17-15(16)4-2;1-9(2)12(15)16-11-8-10-6-7-14(11,5)13(10,3)4;1-4-13(14)15-11-9-7-5-6-8-10-12(2)3;1-2-3(4)5/h4H,2-3,5-20H2,1H3;4H,2-3,5-14H2,1H3;10-11H,1,6-8H2,2-5H3;4,12H,1,5-11H2,2-3H3;2H,1H2,(H,4,5)/t;;10-,11?,14-;;/m..1../s1. The van der Waals surface area contributed by atoms with Crippen molar-refractivity contribution in [2.45, 2.75) is 286 Å². The zero-order chi connectivity index (χ0) is 57.7. The van der Waals surface area contributed by atoms with Crippen LogP contribution in [0.2, 0.25) is 0 Å². The number of fused-ring (bicyclic) bond motifs is 2. The Hall–Kier alpha value is -3.95. The Kier molecular flexibility index (Phi) is 53.3. The van der Waals surface area contributed by atoms with Crippen LogP contribution < -0.4 is 0 Å². The average Bonchev–Trinajstić information content (AvgIpc) is 3.73. The molecule has 1 N–H and O–H groups in total. The van der Waals surface area contributed by atoms with E-state index in [0.29, 0.717) is 36.7 Å². The van der Waals surface area contributed by atoms with Gasteiger partial charge in [-0.25, -0.2) is 24.0 Å². The summed E-state index contributed by atoms with van der Waals surface area (Å²) >= 11 is 0. The first-order valence-electron chi connectivity index (χ1n) is 30.4. The van der Waals surface area contributed by atoms with Crippen molar-refractivity contribution in [2.24, 2.45) is 22.7 Å². The molecule has 10 heteroatoms. The van der Waals surface area contributed by atoms with E-state index in [9.17, 15) is 24.0 Å². The molecule has 0 saturated heterocycles. The van der Waals surface area contributed by atoms with Crippen LogP contribution in [0, 0.1) is 22.7 Å². The molecule has 10 nitrogen and oxygen atoms in total. The third kappa shape index (κ3) is 45.1. The second-order valence-electron chi connectivity index (χ2n) is 22.4. The third-order valence-electron chi connectivity index (χ3n) is 15.1. The first-order chi connectivity index (χ1) is 36.3. The molecule has 0 aromatic rings. The fraction of sp³-hybridized carbons (Fsp3) is 0.773. The van der Waals surface area contributed by atoms with Gasteiger partial charge in [0.15, 0.2) is 0 Å². The summed E-state index contributed by atoms with van der Waals surface area (Å²) < 4.78 is 20.3. The first-order valence-corrected chi connectivity index (χ1v) is 30.4. The first kappa shape index (κ1) is 76.3. The smallest absolute Gasteiger partial charge is 0.333 e. The minimum absolute atomic E-state index is 0.0884. The quantitative estimate of drug-likeness (QED) is 0.0272. The van der Waals surface area contributed by atoms with Gasteiger partial charge in [0, 0.05) is 35.3 Å². The number of carboxylic acid groups (broad SMARTS) is 1. The maximum Gasteiger partial charge on any atom is 0.333 e. The summed E-state index contributed by atoms with van der Waals surface area (Å²) in [4.78, 5) is 53.1. The molecule has 2 fully saturated rings. The predicted octanol–water partition coefficient (Wildman–Crippen LogP) is 18.9. The molecule has 3 atom stereocenters. The van der Waals surface area contributed by atoms with E-state index in [1.165, 1.54) is 211 Å². The largest absolute Gasteiger partial charge is 0.478 e. The van der Waals surface area contributed by atoms with E-state index in [0.717, 1.165) is 44.1 Å². The van der Waals surface area contributed by atoms with Crippen LogP contribution in [0.3, 0.4) is 0 Å². The second-order valence-corrected chi connectivity index (χ2v) is 22.4. The number of esters is 4. The Bertz CT molecular complexity index is 1510. The number of rotatable bonds is 42. The average molecular weight is 1070 g/mol. The van der Waals surface area contributed by atoms with Gasteiger partial charge in [0.1, 0.15) is 6.10 Å². The van der Waals surface area contributed by atoms with Crippen molar-refractivity contribution in [3.8, 4) is 0 Å². The van der Waals surface area contributed by atoms with Gasteiger partial charge in [-0.05, 0) is 62.7 Å². The van der Waals surface area contributed by atoms with Crippen LogP contribution in [-0.2, 0) is 42.9 Å². The lowest BCUT2D eigenvalue weighted by molar-refractivity contribution is -0.152. The van der Waals surface area contributed by atoms with Gasteiger partial charge in [-0.15, -0.1) is 0 Å². The van der Waals surface area contributed by atoms with Crippen LogP contribution in [0.25, 0.3) is 0 Å². The molecule has 1 unspecified atom stereocenters.